The maximum atomic E-state index is 12.8. The third-order valence-electron chi connectivity index (χ3n) is 9.59. The summed E-state index contributed by atoms with van der Waals surface area (Å²) in [4.78, 5) is 47.6. The van der Waals surface area contributed by atoms with Crippen molar-refractivity contribution in [2.45, 2.75) is 122 Å². The van der Waals surface area contributed by atoms with Crippen LogP contribution < -0.4 is 16.4 Å². The van der Waals surface area contributed by atoms with Gasteiger partial charge < -0.3 is 35.7 Å². The number of hydrogen-bond acceptors (Lipinski definition) is 8. The fourth-order valence-corrected chi connectivity index (χ4v) is 6.55. The minimum absolute atomic E-state index is 0.00808. The largest absolute Gasteiger partial charge is 0.459 e. The number of benzene rings is 1. The zero-order valence-electron chi connectivity index (χ0n) is 28.6. The molecule has 11 nitrogen and oxygen atoms in total. The number of nitrogens with two attached hydrogens (primary N) is 1. The summed E-state index contributed by atoms with van der Waals surface area (Å²) in [6, 6.07) is 6.67. The van der Waals surface area contributed by atoms with Crippen LogP contribution in [0.15, 0.2) is 60.2 Å². The number of rotatable bonds is 13. The van der Waals surface area contributed by atoms with Crippen LogP contribution in [0.25, 0.3) is 0 Å². The number of aliphatic hydroxyl groups is 1. The Balaban J connectivity index is 1.25. The Morgan fingerprint density at radius 2 is 1.81 bits per heavy atom. The highest BCUT2D eigenvalue weighted by Gasteiger charge is 2.56. The number of hydrogen-bond donors (Lipinski definition) is 4. The van der Waals surface area contributed by atoms with E-state index in [0.717, 1.165) is 30.4 Å². The molecule has 1 aromatic rings. The normalized spacial score (nSPS) is 29.0. The van der Waals surface area contributed by atoms with Crippen molar-refractivity contribution in [3.05, 3.63) is 71.3 Å². The lowest BCUT2D eigenvalue weighted by Gasteiger charge is -2.39. The summed E-state index contributed by atoms with van der Waals surface area (Å²) < 4.78 is 17.6. The van der Waals surface area contributed by atoms with Crippen LogP contribution in [0.2, 0.25) is 0 Å². The molecule has 0 bridgehead atoms. The van der Waals surface area contributed by atoms with Crippen molar-refractivity contribution in [3.8, 4) is 0 Å². The SMILES string of the molecule is CC(=O)O[C@@H](C)/C=C\C(=O)N[C@@H]1C[C@H](C)[C@H](C/C=C(C)/C=C/[C@H]2O[C@H](CC(=O)NCc3ccc(C(N)=O)cc3)CC3(CC3)[C@@H]2O)O[C@@H]1C. The van der Waals surface area contributed by atoms with Gasteiger partial charge in [-0.25, -0.2) is 0 Å². The number of nitrogens with one attached hydrogen (secondary N) is 2. The van der Waals surface area contributed by atoms with Crippen LogP contribution in [0.3, 0.4) is 0 Å². The summed E-state index contributed by atoms with van der Waals surface area (Å²) in [6.07, 6.45) is 11.0. The molecule has 0 radical (unpaired) electrons. The van der Waals surface area contributed by atoms with E-state index >= 15 is 0 Å². The summed E-state index contributed by atoms with van der Waals surface area (Å²) in [6.45, 7) is 9.43. The van der Waals surface area contributed by atoms with Gasteiger partial charge in [0.05, 0.1) is 36.9 Å². The maximum Gasteiger partial charge on any atom is 0.303 e. The Bertz CT molecular complexity index is 1400. The summed E-state index contributed by atoms with van der Waals surface area (Å²) in [5.41, 5.74) is 7.39. The van der Waals surface area contributed by atoms with Crippen LogP contribution in [0.5, 0.6) is 0 Å². The van der Waals surface area contributed by atoms with Gasteiger partial charge in [-0.3, -0.25) is 19.2 Å². The monoisotopic (exact) mass is 665 g/mol. The van der Waals surface area contributed by atoms with Crippen LogP contribution in [-0.2, 0) is 35.1 Å². The van der Waals surface area contributed by atoms with Crippen LogP contribution in [0, 0.1) is 11.3 Å². The molecule has 0 aromatic heterocycles. The minimum atomic E-state index is -0.626. The number of ether oxygens (including phenoxy) is 3. The zero-order chi connectivity index (χ0) is 35.0. The van der Waals surface area contributed by atoms with Crippen molar-refractivity contribution in [2.24, 2.45) is 17.1 Å². The van der Waals surface area contributed by atoms with Gasteiger partial charge in [0.25, 0.3) is 0 Å². The lowest BCUT2D eigenvalue weighted by Crippen LogP contribution is -2.50. The van der Waals surface area contributed by atoms with Crippen molar-refractivity contribution in [2.75, 3.05) is 0 Å². The van der Waals surface area contributed by atoms with E-state index in [2.05, 4.69) is 23.6 Å². The van der Waals surface area contributed by atoms with Gasteiger partial charge in [0.2, 0.25) is 17.7 Å². The molecule has 5 N–H and O–H groups in total. The van der Waals surface area contributed by atoms with Crippen LogP contribution in [0.1, 0.15) is 89.1 Å². The van der Waals surface area contributed by atoms with Crippen LogP contribution in [-0.4, -0.2) is 71.5 Å². The fraction of sp³-hybridized carbons (Fsp3) is 0.568. The molecule has 8 atom stereocenters. The number of primary amides is 1. The highest BCUT2D eigenvalue weighted by Crippen LogP contribution is 2.56. The number of carbonyl (C=O) groups is 4. The number of allylic oxidation sites excluding steroid dienone is 2. The molecule has 1 aromatic carbocycles. The smallest absolute Gasteiger partial charge is 0.303 e. The molecule has 4 rings (SSSR count). The van der Waals surface area contributed by atoms with Gasteiger partial charge >= 0.3 is 5.97 Å². The van der Waals surface area contributed by atoms with Crippen LogP contribution in [0.4, 0.5) is 0 Å². The first kappa shape index (κ1) is 37.0. The van der Waals surface area contributed by atoms with E-state index in [-0.39, 0.29) is 53.9 Å². The van der Waals surface area contributed by atoms with Crippen molar-refractivity contribution < 1.29 is 38.5 Å². The van der Waals surface area contributed by atoms with Crippen molar-refractivity contribution >= 4 is 23.7 Å². The van der Waals surface area contributed by atoms with Gasteiger partial charge in [-0.2, -0.15) is 0 Å². The predicted octanol–water partition coefficient (Wildman–Crippen LogP) is 3.79. The molecule has 3 amide bonds. The lowest BCUT2D eigenvalue weighted by molar-refractivity contribution is -0.146. The van der Waals surface area contributed by atoms with Gasteiger partial charge in [-0.05, 0) is 82.6 Å². The molecule has 3 aliphatic rings. The standard InChI is InChI=1S/C37H51N3O8/c1-22(6-13-31-23(2)18-30(25(4)47-31)40-33(42)15-8-24(3)46-26(5)41)7-14-32-35(44)37(16-17-37)20-29(48-32)19-34(43)39-21-27-9-11-28(12-10-27)36(38)45/h6-12,14-15,23-25,29-32,35,44H,13,16-21H2,1-5H3,(H2,38,45)(H,39,43)(H,40,42)/b14-7+,15-8-,22-6+/t23-,24-,25+,29+,30+,31-,32+,35+/m0/s1. The molecule has 1 saturated carbocycles. The highest BCUT2D eigenvalue weighted by molar-refractivity contribution is 5.92. The molecule has 11 heteroatoms. The Morgan fingerprint density at radius 3 is 2.46 bits per heavy atom. The highest BCUT2D eigenvalue weighted by atomic mass is 16.5. The Morgan fingerprint density at radius 1 is 1.10 bits per heavy atom. The number of amides is 3. The average molecular weight is 666 g/mol. The second kappa shape index (κ2) is 16.5. The summed E-state index contributed by atoms with van der Waals surface area (Å²) >= 11 is 0. The first-order chi connectivity index (χ1) is 22.7. The first-order valence-electron chi connectivity index (χ1n) is 16.9. The van der Waals surface area contributed by atoms with Gasteiger partial charge in [-0.1, -0.05) is 42.9 Å². The zero-order valence-corrected chi connectivity index (χ0v) is 28.6. The second-order valence-electron chi connectivity index (χ2n) is 13.7. The van der Waals surface area contributed by atoms with Gasteiger partial charge in [-0.15, -0.1) is 0 Å². The Labute approximate surface area is 283 Å². The van der Waals surface area contributed by atoms with E-state index in [1.54, 1.807) is 37.3 Å². The van der Waals surface area contributed by atoms with Crippen molar-refractivity contribution in [3.63, 3.8) is 0 Å². The Kier molecular flexibility index (Phi) is 12.8. The Hall–Kier alpha value is -3.80. The number of carbonyl (C=O) groups excluding carboxylic acids is 4. The third-order valence-corrected chi connectivity index (χ3v) is 9.59. The average Bonchev–Trinajstić information content (AvgIpc) is 3.80. The molecule has 2 heterocycles. The molecule has 2 saturated heterocycles. The van der Waals surface area contributed by atoms with E-state index in [4.69, 9.17) is 19.9 Å². The fourth-order valence-electron chi connectivity index (χ4n) is 6.55. The van der Waals surface area contributed by atoms with Crippen molar-refractivity contribution in [1.82, 2.24) is 10.6 Å². The minimum Gasteiger partial charge on any atom is -0.459 e. The summed E-state index contributed by atoms with van der Waals surface area (Å²) in [5.74, 6) is -1.07. The maximum absolute atomic E-state index is 12.8. The topological polar surface area (TPSA) is 166 Å². The molecule has 3 fully saturated rings. The molecule has 0 unspecified atom stereocenters. The van der Waals surface area contributed by atoms with Crippen molar-refractivity contribution in [1.29, 1.82) is 0 Å². The lowest BCUT2D eigenvalue weighted by atomic mass is 9.84. The molecule has 1 spiro atoms. The van der Waals surface area contributed by atoms with E-state index < -0.39 is 30.2 Å². The third kappa shape index (κ3) is 10.6. The van der Waals surface area contributed by atoms with Gasteiger partial charge in [0.15, 0.2) is 0 Å². The van der Waals surface area contributed by atoms with Gasteiger partial charge in [0.1, 0.15) is 12.2 Å². The molecular formula is C37H51N3O8. The molecule has 1 aliphatic carbocycles. The second-order valence-corrected chi connectivity index (χ2v) is 13.7. The molecular weight excluding hydrogens is 614 g/mol. The number of aliphatic hydroxyl groups excluding tert-OH is 1. The van der Waals surface area contributed by atoms with E-state index in [9.17, 15) is 24.3 Å². The first-order valence-corrected chi connectivity index (χ1v) is 16.9. The van der Waals surface area contributed by atoms with Gasteiger partial charge in [0, 0.05) is 30.5 Å². The summed E-state index contributed by atoms with van der Waals surface area (Å²) in [7, 11) is 0. The summed E-state index contributed by atoms with van der Waals surface area (Å²) in [5, 5.41) is 17.0. The van der Waals surface area contributed by atoms with E-state index in [0.29, 0.717) is 24.9 Å². The predicted molar refractivity (Wildman–Crippen MR) is 180 cm³/mol. The van der Waals surface area contributed by atoms with Crippen LogP contribution >= 0.6 is 0 Å². The molecule has 2 aliphatic heterocycles. The quantitative estimate of drug-likeness (QED) is 0.140. The van der Waals surface area contributed by atoms with E-state index in [1.807, 2.05) is 26.0 Å². The van der Waals surface area contributed by atoms with E-state index in [1.165, 1.54) is 13.0 Å². The number of esters is 1. The molecule has 262 valence electrons. The molecule has 48 heavy (non-hydrogen) atoms.